The average molecular weight is 178 g/mol. The molecule has 0 aliphatic heterocycles. The first-order valence-electron chi connectivity index (χ1n) is 4.33. The number of anilines is 1. The number of aromatic nitrogens is 3. The van der Waals surface area contributed by atoms with Gasteiger partial charge in [-0.1, -0.05) is 13.8 Å². The first kappa shape index (κ1) is 9.51. The van der Waals surface area contributed by atoms with Crippen molar-refractivity contribution >= 4 is 16.7 Å². The highest BCUT2D eigenvalue weighted by atomic mass is 15.2. The van der Waals surface area contributed by atoms with Crippen molar-refractivity contribution in [1.82, 2.24) is 15.2 Å². The van der Waals surface area contributed by atoms with Crippen LogP contribution in [0.1, 0.15) is 19.4 Å². The Balaban J connectivity index is 0.000000396. The number of aromatic amines is 1. The summed E-state index contributed by atoms with van der Waals surface area (Å²) >= 11 is 0. The van der Waals surface area contributed by atoms with E-state index >= 15 is 0 Å². The van der Waals surface area contributed by atoms with Gasteiger partial charge in [0.1, 0.15) is 0 Å². The average Bonchev–Trinajstić information content (AvgIpc) is 2.53. The Labute approximate surface area is 77.2 Å². The summed E-state index contributed by atoms with van der Waals surface area (Å²) in [7, 11) is 0. The van der Waals surface area contributed by atoms with Gasteiger partial charge in [0.25, 0.3) is 0 Å². The van der Waals surface area contributed by atoms with Crippen molar-refractivity contribution in [2.24, 2.45) is 0 Å². The lowest BCUT2D eigenvalue weighted by atomic mass is 10.2. The highest BCUT2D eigenvalue weighted by molar-refractivity contribution is 5.89. The molecule has 2 rings (SSSR count). The molecule has 4 heteroatoms. The topological polar surface area (TPSA) is 67.6 Å². The monoisotopic (exact) mass is 178 g/mol. The van der Waals surface area contributed by atoms with Gasteiger partial charge in [0.15, 0.2) is 5.82 Å². The Bertz CT molecular complexity index is 391. The van der Waals surface area contributed by atoms with Gasteiger partial charge in [-0.3, -0.25) is 10.1 Å². The van der Waals surface area contributed by atoms with Crippen LogP contribution in [0.15, 0.2) is 12.4 Å². The lowest BCUT2D eigenvalue weighted by Crippen LogP contribution is -1.84. The maximum atomic E-state index is 5.56. The molecule has 0 aliphatic rings. The molecule has 0 saturated heterocycles. The van der Waals surface area contributed by atoms with Crippen LogP contribution in [0.4, 0.5) is 5.82 Å². The Kier molecular flexibility index (Phi) is 2.84. The molecule has 2 heterocycles. The molecule has 0 aromatic carbocycles. The third-order valence-electron chi connectivity index (χ3n) is 1.70. The number of nitrogen functional groups attached to an aromatic ring is 1. The number of H-pyrrole nitrogens is 1. The molecule has 0 aliphatic carbocycles. The largest absolute Gasteiger partial charge is 0.382 e. The summed E-state index contributed by atoms with van der Waals surface area (Å²) in [6.07, 6.45) is 3.49. The van der Waals surface area contributed by atoms with Gasteiger partial charge in [-0.15, -0.1) is 0 Å². The van der Waals surface area contributed by atoms with Crippen LogP contribution >= 0.6 is 0 Å². The van der Waals surface area contributed by atoms with Gasteiger partial charge >= 0.3 is 0 Å². The Morgan fingerprint density at radius 1 is 1.31 bits per heavy atom. The number of pyridine rings is 1. The van der Waals surface area contributed by atoms with Crippen molar-refractivity contribution < 1.29 is 0 Å². The minimum atomic E-state index is 0.510. The summed E-state index contributed by atoms with van der Waals surface area (Å²) in [5.74, 6) is 0.510. The molecule has 0 unspecified atom stereocenters. The minimum Gasteiger partial charge on any atom is -0.382 e. The smallest absolute Gasteiger partial charge is 0.154 e. The lowest BCUT2D eigenvalue weighted by Gasteiger charge is -1.91. The highest BCUT2D eigenvalue weighted by Gasteiger charge is 2.02. The van der Waals surface area contributed by atoms with E-state index in [-0.39, 0.29) is 0 Å². The molecule has 4 nitrogen and oxygen atoms in total. The summed E-state index contributed by atoms with van der Waals surface area (Å²) in [6.45, 7) is 5.97. The van der Waals surface area contributed by atoms with Crippen LogP contribution < -0.4 is 5.73 Å². The van der Waals surface area contributed by atoms with Gasteiger partial charge < -0.3 is 5.73 Å². The van der Waals surface area contributed by atoms with Crippen LogP contribution in [0.2, 0.25) is 0 Å². The van der Waals surface area contributed by atoms with E-state index in [1.54, 1.807) is 12.4 Å². The third-order valence-corrected chi connectivity index (χ3v) is 1.70. The second kappa shape index (κ2) is 3.89. The van der Waals surface area contributed by atoms with Crippen molar-refractivity contribution in [3.63, 3.8) is 0 Å². The predicted molar refractivity (Wildman–Crippen MR) is 54.4 cm³/mol. The van der Waals surface area contributed by atoms with Crippen molar-refractivity contribution in [3.8, 4) is 0 Å². The van der Waals surface area contributed by atoms with E-state index in [0.29, 0.717) is 5.82 Å². The fourth-order valence-electron chi connectivity index (χ4n) is 1.08. The molecule has 0 amide bonds. The van der Waals surface area contributed by atoms with Gasteiger partial charge in [0, 0.05) is 12.4 Å². The Morgan fingerprint density at radius 2 is 2.00 bits per heavy atom. The van der Waals surface area contributed by atoms with Gasteiger partial charge in [0.2, 0.25) is 0 Å². The number of nitrogens with two attached hydrogens (primary N) is 1. The van der Waals surface area contributed by atoms with E-state index < -0.39 is 0 Å². The quantitative estimate of drug-likeness (QED) is 0.647. The first-order valence-corrected chi connectivity index (χ1v) is 4.33. The van der Waals surface area contributed by atoms with Crippen LogP contribution in [-0.2, 0) is 0 Å². The first-order chi connectivity index (χ1) is 6.29. The number of nitrogens with one attached hydrogen (secondary N) is 1. The summed E-state index contributed by atoms with van der Waals surface area (Å²) in [4.78, 5) is 4.01. The maximum absolute atomic E-state index is 5.56. The Morgan fingerprint density at radius 3 is 2.62 bits per heavy atom. The van der Waals surface area contributed by atoms with Crippen LogP contribution in [0.25, 0.3) is 10.9 Å². The SMILES string of the molecule is CC.Cc1cncc2c(N)n[nH]c12. The fraction of sp³-hybridized carbons (Fsp3) is 0.333. The molecule has 2 aromatic rings. The van der Waals surface area contributed by atoms with E-state index in [0.717, 1.165) is 16.5 Å². The van der Waals surface area contributed by atoms with Gasteiger partial charge in [-0.25, -0.2) is 0 Å². The van der Waals surface area contributed by atoms with Crippen LogP contribution in [0.3, 0.4) is 0 Å². The molecule has 0 fully saturated rings. The molecular formula is C9H14N4. The summed E-state index contributed by atoms with van der Waals surface area (Å²) in [5.41, 5.74) is 7.59. The molecule has 0 bridgehead atoms. The minimum absolute atomic E-state index is 0.510. The third kappa shape index (κ3) is 1.61. The van der Waals surface area contributed by atoms with Crippen LogP contribution in [-0.4, -0.2) is 15.2 Å². The summed E-state index contributed by atoms with van der Waals surface area (Å²) in [5, 5.41) is 7.60. The zero-order chi connectivity index (χ0) is 9.84. The van der Waals surface area contributed by atoms with Gasteiger partial charge in [-0.05, 0) is 12.5 Å². The molecule has 13 heavy (non-hydrogen) atoms. The molecule has 0 radical (unpaired) electrons. The van der Waals surface area contributed by atoms with E-state index in [9.17, 15) is 0 Å². The van der Waals surface area contributed by atoms with Crippen molar-refractivity contribution in [1.29, 1.82) is 0 Å². The number of fused-ring (bicyclic) bond motifs is 1. The molecular weight excluding hydrogens is 164 g/mol. The Hall–Kier alpha value is -1.58. The van der Waals surface area contributed by atoms with E-state index in [2.05, 4.69) is 15.2 Å². The molecule has 70 valence electrons. The standard InChI is InChI=1S/C7H8N4.C2H6/c1-4-2-9-3-5-6(4)10-11-7(5)8;1-2/h2-3H,1H3,(H3,8,10,11);1-2H3. The van der Waals surface area contributed by atoms with E-state index in [1.807, 2.05) is 20.8 Å². The van der Waals surface area contributed by atoms with Crippen LogP contribution in [0, 0.1) is 6.92 Å². The van der Waals surface area contributed by atoms with Crippen molar-refractivity contribution in [2.75, 3.05) is 5.73 Å². The number of nitrogens with zero attached hydrogens (tertiary/aromatic N) is 2. The predicted octanol–water partition coefficient (Wildman–Crippen LogP) is 1.87. The van der Waals surface area contributed by atoms with Crippen LogP contribution in [0.5, 0.6) is 0 Å². The number of hydrogen-bond donors (Lipinski definition) is 2. The molecule has 2 aromatic heterocycles. The van der Waals surface area contributed by atoms with Crippen molar-refractivity contribution in [3.05, 3.63) is 18.0 Å². The highest BCUT2D eigenvalue weighted by Crippen LogP contribution is 2.18. The molecule has 0 saturated carbocycles. The van der Waals surface area contributed by atoms with Crippen molar-refractivity contribution in [2.45, 2.75) is 20.8 Å². The number of aryl methyl sites for hydroxylation is 1. The zero-order valence-corrected chi connectivity index (χ0v) is 8.13. The summed E-state index contributed by atoms with van der Waals surface area (Å²) < 4.78 is 0. The zero-order valence-electron chi connectivity index (χ0n) is 8.13. The van der Waals surface area contributed by atoms with E-state index in [4.69, 9.17) is 5.73 Å². The lowest BCUT2D eigenvalue weighted by molar-refractivity contribution is 1.12. The molecule has 0 spiro atoms. The fourth-order valence-corrected chi connectivity index (χ4v) is 1.08. The second-order valence-electron chi connectivity index (χ2n) is 2.49. The number of rotatable bonds is 0. The maximum Gasteiger partial charge on any atom is 0.154 e. The molecule has 0 atom stereocenters. The van der Waals surface area contributed by atoms with Gasteiger partial charge in [0.05, 0.1) is 10.9 Å². The number of hydrogen-bond acceptors (Lipinski definition) is 3. The summed E-state index contributed by atoms with van der Waals surface area (Å²) in [6, 6.07) is 0. The second-order valence-corrected chi connectivity index (χ2v) is 2.49. The molecule has 3 N–H and O–H groups in total. The van der Waals surface area contributed by atoms with E-state index in [1.165, 1.54) is 0 Å². The van der Waals surface area contributed by atoms with Gasteiger partial charge in [-0.2, -0.15) is 5.10 Å². The normalized spacial score (nSPS) is 9.46.